The average Bonchev–Trinajstić information content (AvgIpc) is 2.86. The van der Waals surface area contributed by atoms with Crippen LogP contribution in [-0.2, 0) is 0 Å². The van der Waals surface area contributed by atoms with Gasteiger partial charge in [-0.15, -0.1) is 22.7 Å². The molecule has 0 aliphatic rings. The summed E-state index contributed by atoms with van der Waals surface area (Å²) in [6.07, 6.45) is 0. The van der Waals surface area contributed by atoms with Gasteiger partial charge in [-0.1, -0.05) is 13.8 Å². The summed E-state index contributed by atoms with van der Waals surface area (Å²) in [5.74, 6) is 0.304. The lowest BCUT2D eigenvalue weighted by Gasteiger charge is -2.06. The van der Waals surface area contributed by atoms with Gasteiger partial charge in [0.15, 0.2) is 5.13 Å². The van der Waals surface area contributed by atoms with Crippen LogP contribution in [0.25, 0.3) is 0 Å². The quantitative estimate of drug-likeness (QED) is 0.915. The maximum atomic E-state index is 12.1. The normalized spacial score (nSPS) is 10.8. The van der Waals surface area contributed by atoms with Crippen LogP contribution in [-0.4, -0.2) is 10.9 Å². The topological polar surface area (TPSA) is 42.0 Å². The third-order valence-electron chi connectivity index (χ3n) is 2.36. The molecule has 2 aromatic heterocycles. The maximum Gasteiger partial charge on any atom is 0.267 e. The van der Waals surface area contributed by atoms with Gasteiger partial charge in [-0.3, -0.25) is 10.1 Å². The number of rotatable bonds is 3. The van der Waals surface area contributed by atoms with Crippen LogP contribution in [0.15, 0.2) is 16.8 Å². The van der Waals surface area contributed by atoms with E-state index in [4.69, 9.17) is 0 Å². The molecule has 0 aliphatic carbocycles. The van der Waals surface area contributed by atoms with Crippen molar-refractivity contribution >= 4 is 33.7 Å². The molecule has 17 heavy (non-hydrogen) atoms. The first-order chi connectivity index (χ1) is 8.08. The van der Waals surface area contributed by atoms with Crippen LogP contribution < -0.4 is 5.32 Å². The molecule has 90 valence electrons. The van der Waals surface area contributed by atoms with Crippen LogP contribution in [0.2, 0.25) is 0 Å². The molecular formula is C12H14N2OS2. The van der Waals surface area contributed by atoms with Gasteiger partial charge in [0.2, 0.25) is 0 Å². The van der Waals surface area contributed by atoms with E-state index in [9.17, 15) is 4.79 Å². The van der Waals surface area contributed by atoms with Crippen molar-refractivity contribution in [2.45, 2.75) is 26.7 Å². The van der Waals surface area contributed by atoms with Gasteiger partial charge in [-0.2, -0.15) is 0 Å². The third-order valence-corrected chi connectivity index (χ3v) is 4.17. The number of amides is 1. The average molecular weight is 266 g/mol. The summed E-state index contributed by atoms with van der Waals surface area (Å²) in [6.45, 7) is 6.09. The summed E-state index contributed by atoms with van der Waals surface area (Å²) in [5.41, 5.74) is 2.03. The molecule has 0 radical (unpaired) electrons. The number of hydrogen-bond acceptors (Lipinski definition) is 4. The molecule has 0 spiro atoms. The summed E-state index contributed by atoms with van der Waals surface area (Å²) in [5, 5.41) is 7.38. The third kappa shape index (κ3) is 2.73. The Balaban J connectivity index is 2.17. The predicted molar refractivity (Wildman–Crippen MR) is 73.2 cm³/mol. The van der Waals surface area contributed by atoms with Crippen LogP contribution in [0.1, 0.15) is 40.7 Å². The Morgan fingerprint density at radius 1 is 1.41 bits per heavy atom. The molecule has 0 aromatic carbocycles. The van der Waals surface area contributed by atoms with E-state index in [2.05, 4.69) is 24.1 Å². The summed E-state index contributed by atoms with van der Waals surface area (Å²) in [7, 11) is 0. The summed E-state index contributed by atoms with van der Waals surface area (Å²) >= 11 is 2.93. The number of thiophene rings is 1. The van der Waals surface area contributed by atoms with Gasteiger partial charge in [0, 0.05) is 5.38 Å². The first kappa shape index (κ1) is 12.3. The van der Waals surface area contributed by atoms with E-state index in [-0.39, 0.29) is 5.91 Å². The Bertz CT molecular complexity index is 528. The smallest absolute Gasteiger partial charge is 0.267 e. The number of anilines is 1. The first-order valence-electron chi connectivity index (χ1n) is 5.39. The standard InChI is InChI=1S/C12H14N2OS2/c1-7(2)9-4-5-16-10(9)11(15)14-12-13-8(3)6-17-12/h4-7H,1-3H3,(H,13,14,15). The van der Waals surface area contributed by atoms with Crippen molar-refractivity contribution in [2.24, 2.45) is 0 Å². The molecular weight excluding hydrogens is 252 g/mol. The lowest BCUT2D eigenvalue weighted by Crippen LogP contribution is -2.12. The molecule has 0 atom stereocenters. The summed E-state index contributed by atoms with van der Waals surface area (Å²) in [6, 6.07) is 2.01. The van der Waals surface area contributed by atoms with Crippen molar-refractivity contribution in [3.8, 4) is 0 Å². The van der Waals surface area contributed by atoms with Crippen molar-refractivity contribution < 1.29 is 4.79 Å². The Morgan fingerprint density at radius 2 is 2.18 bits per heavy atom. The van der Waals surface area contributed by atoms with E-state index in [1.54, 1.807) is 0 Å². The van der Waals surface area contributed by atoms with E-state index in [0.29, 0.717) is 11.0 Å². The van der Waals surface area contributed by atoms with Gasteiger partial charge >= 0.3 is 0 Å². The minimum Gasteiger partial charge on any atom is -0.297 e. The second-order valence-electron chi connectivity index (χ2n) is 4.11. The SMILES string of the molecule is Cc1csc(NC(=O)c2sccc2C(C)C)n1. The number of carbonyl (C=O) groups is 1. The molecule has 0 bridgehead atoms. The molecule has 0 aliphatic heterocycles. The van der Waals surface area contributed by atoms with E-state index in [0.717, 1.165) is 16.1 Å². The highest BCUT2D eigenvalue weighted by atomic mass is 32.1. The van der Waals surface area contributed by atoms with Gasteiger partial charge in [-0.05, 0) is 29.9 Å². The molecule has 1 amide bonds. The molecule has 0 fully saturated rings. The second kappa shape index (κ2) is 4.98. The number of nitrogens with one attached hydrogen (secondary N) is 1. The van der Waals surface area contributed by atoms with Crippen molar-refractivity contribution in [1.82, 2.24) is 4.98 Å². The molecule has 2 aromatic rings. The van der Waals surface area contributed by atoms with E-state index in [1.807, 2.05) is 23.8 Å². The molecule has 5 heteroatoms. The number of carbonyl (C=O) groups excluding carboxylic acids is 1. The number of thiazole rings is 1. The van der Waals surface area contributed by atoms with Gasteiger partial charge in [-0.25, -0.2) is 4.98 Å². The van der Waals surface area contributed by atoms with Gasteiger partial charge in [0.25, 0.3) is 5.91 Å². The van der Waals surface area contributed by atoms with Crippen molar-refractivity contribution in [3.63, 3.8) is 0 Å². The van der Waals surface area contributed by atoms with Crippen LogP contribution >= 0.6 is 22.7 Å². The highest BCUT2D eigenvalue weighted by molar-refractivity contribution is 7.14. The first-order valence-corrected chi connectivity index (χ1v) is 7.14. The van der Waals surface area contributed by atoms with E-state index < -0.39 is 0 Å². The zero-order valence-electron chi connectivity index (χ0n) is 9.98. The number of hydrogen-bond donors (Lipinski definition) is 1. The van der Waals surface area contributed by atoms with Gasteiger partial charge in [0.1, 0.15) is 0 Å². The minimum absolute atomic E-state index is 0.0574. The summed E-state index contributed by atoms with van der Waals surface area (Å²) < 4.78 is 0. The van der Waals surface area contributed by atoms with E-state index >= 15 is 0 Å². The molecule has 2 heterocycles. The van der Waals surface area contributed by atoms with Gasteiger partial charge in [0.05, 0.1) is 10.6 Å². The second-order valence-corrected chi connectivity index (χ2v) is 5.88. The molecule has 0 saturated carbocycles. The fourth-order valence-electron chi connectivity index (χ4n) is 1.52. The number of aromatic nitrogens is 1. The van der Waals surface area contributed by atoms with E-state index in [1.165, 1.54) is 22.7 Å². The zero-order valence-corrected chi connectivity index (χ0v) is 11.6. The van der Waals surface area contributed by atoms with Crippen LogP contribution in [0.5, 0.6) is 0 Å². The monoisotopic (exact) mass is 266 g/mol. The van der Waals surface area contributed by atoms with Crippen molar-refractivity contribution in [1.29, 1.82) is 0 Å². The summed E-state index contributed by atoms with van der Waals surface area (Å²) in [4.78, 5) is 17.1. The zero-order chi connectivity index (χ0) is 12.4. The molecule has 0 saturated heterocycles. The lowest BCUT2D eigenvalue weighted by molar-refractivity contribution is 0.102. The highest BCUT2D eigenvalue weighted by Gasteiger charge is 2.16. The molecule has 0 unspecified atom stereocenters. The largest absolute Gasteiger partial charge is 0.297 e. The fourth-order valence-corrected chi connectivity index (χ4v) is 3.16. The Kier molecular flexibility index (Phi) is 3.59. The highest BCUT2D eigenvalue weighted by Crippen LogP contribution is 2.26. The molecule has 3 nitrogen and oxygen atoms in total. The Morgan fingerprint density at radius 3 is 2.76 bits per heavy atom. The number of nitrogens with zero attached hydrogens (tertiary/aromatic N) is 1. The van der Waals surface area contributed by atoms with Gasteiger partial charge < -0.3 is 0 Å². The predicted octanol–water partition coefficient (Wildman–Crippen LogP) is 3.89. The fraction of sp³-hybridized carbons (Fsp3) is 0.333. The minimum atomic E-state index is -0.0574. The van der Waals surface area contributed by atoms with Crippen LogP contribution in [0.4, 0.5) is 5.13 Å². The molecule has 1 N–H and O–H groups in total. The Hall–Kier alpha value is -1.20. The lowest BCUT2D eigenvalue weighted by atomic mass is 10.0. The Labute approximate surface area is 109 Å². The van der Waals surface area contributed by atoms with Crippen LogP contribution in [0.3, 0.4) is 0 Å². The number of aryl methyl sites for hydroxylation is 1. The van der Waals surface area contributed by atoms with Crippen molar-refractivity contribution in [2.75, 3.05) is 5.32 Å². The molecule has 2 rings (SSSR count). The van der Waals surface area contributed by atoms with Crippen molar-refractivity contribution in [3.05, 3.63) is 33.0 Å². The maximum absolute atomic E-state index is 12.1. The van der Waals surface area contributed by atoms with Crippen LogP contribution in [0, 0.1) is 6.92 Å².